The summed E-state index contributed by atoms with van der Waals surface area (Å²) >= 11 is 5.63. The first-order valence-electron chi connectivity index (χ1n) is 5.65. The van der Waals surface area contributed by atoms with Crippen LogP contribution in [-0.4, -0.2) is 25.6 Å². The minimum Gasteiger partial charge on any atom is -0.501 e. The van der Waals surface area contributed by atoms with Gasteiger partial charge in [-0.15, -0.1) is 0 Å². The van der Waals surface area contributed by atoms with Gasteiger partial charge in [-0.2, -0.15) is 0 Å². The van der Waals surface area contributed by atoms with Crippen LogP contribution >= 0.6 is 11.6 Å². The maximum atomic E-state index is 14.0. The third-order valence-electron chi connectivity index (χ3n) is 2.89. The van der Waals surface area contributed by atoms with Crippen molar-refractivity contribution < 1.29 is 27.4 Å². The van der Waals surface area contributed by atoms with Gasteiger partial charge >= 0.3 is 0 Å². The Labute approximate surface area is 125 Å². The van der Waals surface area contributed by atoms with Crippen molar-refractivity contribution in [2.75, 3.05) is 6.26 Å². The normalized spacial score (nSPS) is 22.4. The molecule has 2 N–H and O–H groups in total. The van der Waals surface area contributed by atoms with Crippen LogP contribution in [0.5, 0.6) is 0 Å². The van der Waals surface area contributed by atoms with E-state index in [0.29, 0.717) is 0 Å². The molecule has 6 nitrogen and oxygen atoms in total. The van der Waals surface area contributed by atoms with Crippen LogP contribution in [0.1, 0.15) is 12.5 Å². The van der Waals surface area contributed by atoms with Gasteiger partial charge in [0, 0.05) is 10.6 Å². The van der Waals surface area contributed by atoms with Crippen LogP contribution in [0, 0.1) is 5.82 Å². The molecule has 0 spiro atoms. The standard InChI is InChI=1S/C12H11ClFNO5S/c1-12(7-4-3-6(13)5-8(7)14)10(17)9(16)11(20-12)15-21(2,18)19/h3-5,15-16H,1-2H3. The summed E-state index contributed by atoms with van der Waals surface area (Å²) in [6.45, 7) is 1.22. The summed E-state index contributed by atoms with van der Waals surface area (Å²) in [5.41, 5.74) is -2.06. The van der Waals surface area contributed by atoms with E-state index in [-0.39, 0.29) is 10.6 Å². The fourth-order valence-electron chi connectivity index (χ4n) is 1.92. The van der Waals surface area contributed by atoms with Crippen molar-refractivity contribution in [3.63, 3.8) is 0 Å². The number of hydrogen-bond donors (Lipinski definition) is 2. The van der Waals surface area contributed by atoms with E-state index < -0.39 is 38.9 Å². The van der Waals surface area contributed by atoms with Crippen LogP contribution in [0.2, 0.25) is 5.02 Å². The Morgan fingerprint density at radius 3 is 2.57 bits per heavy atom. The molecule has 1 aliphatic rings. The van der Waals surface area contributed by atoms with Crippen LogP contribution in [0.15, 0.2) is 29.8 Å². The number of ketones is 1. The van der Waals surface area contributed by atoms with E-state index in [9.17, 15) is 22.7 Å². The molecule has 9 heteroatoms. The molecule has 1 unspecified atom stereocenters. The molecule has 1 aromatic carbocycles. The molecule has 0 aromatic heterocycles. The number of aliphatic hydroxyl groups is 1. The molecule has 114 valence electrons. The second kappa shape index (κ2) is 4.88. The molecule has 0 fully saturated rings. The molecule has 0 bridgehead atoms. The van der Waals surface area contributed by atoms with Gasteiger partial charge in [-0.25, -0.2) is 12.8 Å². The number of carbonyl (C=O) groups is 1. The number of sulfonamides is 1. The highest BCUT2D eigenvalue weighted by Crippen LogP contribution is 2.38. The van der Waals surface area contributed by atoms with E-state index in [2.05, 4.69) is 0 Å². The van der Waals surface area contributed by atoms with E-state index >= 15 is 0 Å². The molecule has 1 aromatic rings. The first-order chi connectivity index (χ1) is 9.54. The molecular formula is C12H11ClFNO5S. The fourth-order valence-corrected chi connectivity index (χ4v) is 2.55. The van der Waals surface area contributed by atoms with Gasteiger partial charge in [-0.1, -0.05) is 17.7 Å². The lowest BCUT2D eigenvalue weighted by molar-refractivity contribution is -0.132. The van der Waals surface area contributed by atoms with Crippen LogP contribution in [0.3, 0.4) is 0 Å². The number of rotatable bonds is 3. The zero-order valence-electron chi connectivity index (χ0n) is 11.0. The number of ether oxygens (including phenoxy) is 1. The molecule has 0 saturated carbocycles. The van der Waals surface area contributed by atoms with Crippen molar-refractivity contribution >= 4 is 27.4 Å². The second-order valence-corrected chi connectivity index (χ2v) is 6.83. The van der Waals surface area contributed by atoms with Gasteiger partial charge < -0.3 is 9.84 Å². The van der Waals surface area contributed by atoms with E-state index in [1.807, 2.05) is 4.72 Å². The van der Waals surface area contributed by atoms with Gasteiger partial charge in [0.15, 0.2) is 0 Å². The summed E-state index contributed by atoms with van der Waals surface area (Å²) in [6.07, 6.45) is 0.819. The summed E-state index contributed by atoms with van der Waals surface area (Å²) in [5, 5.41) is 9.82. The average Bonchev–Trinajstić information content (AvgIpc) is 2.52. The molecule has 21 heavy (non-hydrogen) atoms. The fraction of sp³-hybridized carbons (Fsp3) is 0.250. The smallest absolute Gasteiger partial charge is 0.250 e. The Morgan fingerprint density at radius 2 is 2.05 bits per heavy atom. The first-order valence-corrected chi connectivity index (χ1v) is 7.92. The average molecular weight is 336 g/mol. The number of nitrogens with one attached hydrogen (secondary N) is 1. The minimum atomic E-state index is -3.77. The number of carbonyl (C=O) groups excluding carboxylic acids is 1. The maximum absolute atomic E-state index is 14.0. The summed E-state index contributed by atoms with van der Waals surface area (Å²) in [7, 11) is -3.77. The Morgan fingerprint density at radius 1 is 1.43 bits per heavy atom. The molecule has 1 heterocycles. The second-order valence-electron chi connectivity index (χ2n) is 4.64. The summed E-state index contributed by atoms with van der Waals surface area (Å²) in [4.78, 5) is 12.1. The van der Waals surface area contributed by atoms with Gasteiger partial charge in [0.05, 0.1) is 6.26 Å². The van der Waals surface area contributed by atoms with E-state index in [0.717, 1.165) is 12.3 Å². The minimum absolute atomic E-state index is 0.122. The van der Waals surface area contributed by atoms with Gasteiger partial charge in [-0.05, 0) is 19.1 Å². The lowest BCUT2D eigenvalue weighted by Crippen LogP contribution is -2.33. The van der Waals surface area contributed by atoms with Crippen molar-refractivity contribution in [3.05, 3.63) is 46.2 Å². The van der Waals surface area contributed by atoms with E-state index in [4.69, 9.17) is 16.3 Å². The van der Waals surface area contributed by atoms with Crippen molar-refractivity contribution in [2.24, 2.45) is 0 Å². The third-order valence-corrected chi connectivity index (χ3v) is 3.68. The summed E-state index contributed by atoms with van der Waals surface area (Å²) in [6, 6.07) is 3.56. The molecule has 1 aliphatic heterocycles. The van der Waals surface area contributed by atoms with Gasteiger partial charge in [0.1, 0.15) is 5.82 Å². The van der Waals surface area contributed by atoms with Crippen molar-refractivity contribution in [1.82, 2.24) is 4.72 Å². The molecule has 2 rings (SSSR count). The Hall–Kier alpha value is -1.80. The summed E-state index contributed by atoms with van der Waals surface area (Å²) < 4.78 is 43.3. The number of halogens is 2. The third kappa shape index (κ3) is 2.81. The van der Waals surface area contributed by atoms with Gasteiger partial charge in [0.25, 0.3) is 5.78 Å². The number of hydrogen-bond acceptors (Lipinski definition) is 5. The molecule has 0 aliphatic carbocycles. The highest BCUT2D eigenvalue weighted by molar-refractivity contribution is 7.88. The predicted octanol–water partition coefficient (Wildman–Crippen LogP) is 1.57. The number of benzene rings is 1. The van der Waals surface area contributed by atoms with Crippen LogP contribution < -0.4 is 4.72 Å². The largest absolute Gasteiger partial charge is 0.501 e. The highest BCUT2D eigenvalue weighted by Gasteiger charge is 2.49. The van der Waals surface area contributed by atoms with E-state index in [1.54, 1.807) is 0 Å². The lowest BCUT2D eigenvalue weighted by atomic mass is 9.91. The maximum Gasteiger partial charge on any atom is 0.250 e. The van der Waals surface area contributed by atoms with Crippen LogP contribution in [-0.2, 0) is 25.2 Å². The monoisotopic (exact) mass is 335 g/mol. The molecule has 0 saturated heterocycles. The summed E-state index contributed by atoms with van der Waals surface area (Å²) in [5.74, 6) is -3.33. The quantitative estimate of drug-likeness (QED) is 0.874. The van der Waals surface area contributed by atoms with Gasteiger partial charge in [0.2, 0.25) is 27.3 Å². The number of aliphatic hydroxyl groups excluding tert-OH is 1. The Bertz CT molecular complexity index is 761. The topological polar surface area (TPSA) is 92.7 Å². The van der Waals surface area contributed by atoms with Crippen LogP contribution in [0.25, 0.3) is 0 Å². The zero-order valence-corrected chi connectivity index (χ0v) is 12.5. The van der Waals surface area contributed by atoms with E-state index in [1.165, 1.54) is 19.1 Å². The van der Waals surface area contributed by atoms with Crippen LogP contribution in [0.4, 0.5) is 4.39 Å². The Balaban J connectivity index is 2.45. The number of Topliss-reactive ketones (excluding diaryl/α,β-unsaturated/α-hetero) is 1. The highest BCUT2D eigenvalue weighted by atomic mass is 35.5. The van der Waals surface area contributed by atoms with Gasteiger partial charge in [-0.3, -0.25) is 9.52 Å². The first kappa shape index (κ1) is 15.6. The van der Waals surface area contributed by atoms with Crippen molar-refractivity contribution in [1.29, 1.82) is 0 Å². The van der Waals surface area contributed by atoms with Crippen molar-refractivity contribution in [2.45, 2.75) is 12.5 Å². The molecule has 0 radical (unpaired) electrons. The predicted molar refractivity (Wildman–Crippen MR) is 72.5 cm³/mol. The SMILES string of the molecule is CC1(c2ccc(Cl)cc2F)OC(NS(C)(=O)=O)=C(O)C1=O. The molecule has 1 atom stereocenters. The molecular weight excluding hydrogens is 325 g/mol. The molecule has 0 amide bonds. The Kier molecular flexibility index (Phi) is 3.63. The van der Waals surface area contributed by atoms with Crippen molar-refractivity contribution in [3.8, 4) is 0 Å². The lowest BCUT2D eigenvalue weighted by Gasteiger charge is -2.24. The zero-order chi connectivity index (χ0) is 16.0.